The summed E-state index contributed by atoms with van der Waals surface area (Å²) >= 11 is 0. The number of aryl methyl sites for hydroxylation is 2. The van der Waals surface area contributed by atoms with Crippen molar-refractivity contribution in [2.45, 2.75) is 19.9 Å². The average Bonchev–Trinajstić information content (AvgIpc) is 3.38. The molecule has 3 heterocycles. The van der Waals surface area contributed by atoms with Gasteiger partial charge in [0.15, 0.2) is 5.69 Å². The maximum atomic E-state index is 14.1. The Morgan fingerprint density at radius 1 is 1.06 bits per heavy atom. The standard InChI is InChI=1S/C23H20FN5O2/c1-14-7-3-4-8-15(14)23(30)29-12-11-19-17(13-29)20(27-28(19)2)22-26-25-21(31-22)16-9-5-6-10-18(16)24/h3-10H,11-13H2,1-2H3. The third kappa shape index (κ3) is 3.30. The van der Waals surface area contributed by atoms with Crippen LogP contribution in [-0.2, 0) is 20.0 Å². The van der Waals surface area contributed by atoms with E-state index in [2.05, 4.69) is 15.3 Å². The molecule has 0 atom stereocenters. The van der Waals surface area contributed by atoms with E-state index in [1.54, 1.807) is 22.9 Å². The Balaban J connectivity index is 1.49. The van der Waals surface area contributed by atoms with Crippen LogP contribution in [0.25, 0.3) is 23.0 Å². The first-order valence-electron chi connectivity index (χ1n) is 10.0. The zero-order valence-electron chi connectivity index (χ0n) is 17.2. The van der Waals surface area contributed by atoms with Gasteiger partial charge in [0.1, 0.15) is 5.82 Å². The van der Waals surface area contributed by atoms with Gasteiger partial charge in [-0.25, -0.2) is 4.39 Å². The number of halogens is 1. The third-order valence-electron chi connectivity index (χ3n) is 5.64. The zero-order valence-corrected chi connectivity index (χ0v) is 17.2. The van der Waals surface area contributed by atoms with Crippen LogP contribution in [0, 0.1) is 12.7 Å². The van der Waals surface area contributed by atoms with Crippen molar-refractivity contribution < 1.29 is 13.6 Å². The number of carbonyl (C=O) groups excluding carboxylic acids is 1. The Kier molecular flexibility index (Phi) is 4.62. The number of hydrogen-bond acceptors (Lipinski definition) is 5. The summed E-state index contributed by atoms with van der Waals surface area (Å²) < 4.78 is 21.7. The Morgan fingerprint density at radius 3 is 2.61 bits per heavy atom. The Morgan fingerprint density at radius 2 is 1.81 bits per heavy atom. The molecule has 2 aromatic heterocycles. The Hall–Kier alpha value is -3.81. The normalized spacial score (nSPS) is 13.3. The third-order valence-corrected chi connectivity index (χ3v) is 5.64. The van der Waals surface area contributed by atoms with Gasteiger partial charge < -0.3 is 9.32 Å². The van der Waals surface area contributed by atoms with Crippen molar-refractivity contribution in [1.29, 1.82) is 0 Å². The molecule has 0 aliphatic carbocycles. The first kappa shape index (κ1) is 19.2. The van der Waals surface area contributed by atoms with Gasteiger partial charge in [0.05, 0.1) is 12.1 Å². The molecule has 1 amide bonds. The van der Waals surface area contributed by atoms with Crippen molar-refractivity contribution in [3.63, 3.8) is 0 Å². The van der Waals surface area contributed by atoms with Crippen LogP contribution < -0.4 is 0 Å². The van der Waals surface area contributed by atoms with Crippen LogP contribution in [0.4, 0.5) is 4.39 Å². The Bertz CT molecular complexity index is 1290. The minimum absolute atomic E-state index is 0.0175. The van der Waals surface area contributed by atoms with Crippen molar-refractivity contribution in [3.8, 4) is 23.0 Å². The molecule has 2 aromatic carbocycles. The van der Waals surface area contributed by atoms with Gasteiger partial charge in [-0.3, -0.25) is 9.48 Å². The van der Waals surface area contributed by atoms with E-state index in [0.29, 0.717) is 30.8 Å². The number of hydrogen-bond donors (Lipinski definition) is 0. The van der Waals surface area contributed by atoms with Gasteiger partial charge in [-0.15, -0.1) is 10.2 Å². The molecule has 8 heteroatoms. The van der Waals surface area contributed by atoms with Gasteiger partial charge in [0.2, 0.25) is 0 Å². The lowest BCUT2D eigenvalue weighted by Crippen LogP contribution is -2.36. The van der Waals surface area contributed by atoms with Crippen LogP contribution in [0.15, 0.2) is 52.9 Å². The lowest BCUT2D eigenvalue weighted by atomic mass is 10.0. The highest BCUT2D eigenvalue weighted by Crippen LogP contribution is 2.32. The Labute approximate surface area is 178 Å². The summed E-state index contributed by atoms with van der Waals surface area (Å²) in [5.41, 5.74) is 4.29. The highest BCUT2D eigenvalue weighted by molar-refractivity contribution is 5.95. The minimum Gasteiger partial charge on any atom is -0.414 e. The molecule has 1 aliphatic heterocycles. The van der Waals surface area contributed by atoms with Gasteiger partial charge >= 0.3 is 0 Å². The average molecular weight is 417 g/mol. The molecule has 5 rings (SSSR count). The van der Waals surface area contributed by atoms with E-state index in [1.165, 1.54) is 6.07 Å². The number of benzene rings is 2. The van der Waals surface area contributed by atoms with Crippen LogP contribution in [0.5, 0.6) is 0 Å². The minimum atomic E-state index is -0.434. The van der Waals surface area contributed by atoms with Gasteiger partial charge in [0.25, 0.3) is 17.7 Å². The number of amides is 1. The van der Waals surface area contributed by atoms with Crippen molar-refractivity contribution in [2.75, 3.05) is 6.54 Å². The predicted molar refractivity (Wildman–Crippen MR) is 112 cm³/mol. The van der Waals surface area contributed by atoms with Crippen molar-refractivity contribution in [1.82, 2.24) is 24.9 Å². The zero-order chi connectivity index (χ0) is 21.5. The number of nitrogens with zero attached hydrogens (tertiary/aromatic N) is 5. The second kappa shape index (κ2) is 7.46. The van der Waals surface area contributed by atoms with Crippen molar-refractivity contribution in [2.24, 2.45) is 7.05 Å². The summed E-state index contributed by atoms with van der Waals surface area (Å²) in [7, 11) is 1.86. The molecule has 1 aliphatic rings. The summed E-state index contributed by atoms with van der Waals surface area (Å²) in [4.78, 5) is 14.9. The lowest BCUT2D eigenvalue weighted by Gasteiger charge is -2.28. The van der Waals surface area contributed by atoms with Gasteiger partial charge in [-0.05, 0) is 30.7 Å². The van der Waals surface area contributed by atoms with E-state index >= 15 is 0 Å². The topological polar surface area (TPSA) is 77.1 Å². The van der Waals surface area contributed by atoms with E-state index in [-0.39, 0.29) is 23.3 Å². The molecule has 0 saturated carbocycles. The summed E-state index contributed by atoms with van der Waals surface area (Å²) in [6, 6.07) is 13.8. The smallest absolute Gasteiger partial charge is 0.268 e. The first-order valence-corrected chi connectivity index (χ1v) is 10.0. The molecule has 0 radical (unpaired) electrons. The van der Waals surface area contributed by atoms with E-state index < -0.39 is 5.82 Å². The number of carbonyl (C=O) groups is 1. The van der Waals surface area contributed by atoms with Crippen LogP contribution in [0.2, 0.25) is 0 Å². The molecular weight excluding hydrogens is 397 g/mol. The van der Waals surface area contributed by atoms with Crippen LogP contribution in [0.1, 0.15) is 27.2 Å². The highest BCUT2D eigenvalue weighted by atomic mass is 19.1. The molecule has 4 aromatic rings. The monoisotopic (exact) mass is 417 g/mol. The quantitative estimate of drug-likeness (QED) is 0.507. The fourth-order valence-electron chi connectivity index (χ4n) is 3.98. The number of rotatable bonds is 3. The van der Waals surface area contributed by atoms with Crippen molar-refractivity contribution in [3.05, 3.63) is 76.7 Å². The molecule has 0 spiro atoms. The molecular formula is C23H20FN5O2. The van der Waals surface area contributed by atoms with E-state index in [1.807, 2.05) is 43.1 Å². The first-order chi connectivity index (χ1) is 15.0. The molecule has 0 unspecified atom stereocenters. The maximum Gasteiger partial charge on any atom is 0.268 e. The maximum absolute atomic E-state index is 14.1. The van der Waals surface area contributed by atoms with E-state index in [0.717, 1.165) is 16.8 Å². The van der Waals surface area contributed by atoms with E-state index in [9.17, 15) is 9.18 Å². The van der Waals surface area contributed by atoms with E-state index in [4.69, 9.17) is 4.42 Å². The summed E-state index contributed by atoms with van der Waals surface area (Å²) in [6.07, 6.45) is 0.671. The number of aromatic nitrogens is 4. The molecule has 0 saturated heterocycles. The SMILES string of the molecule is Cc1ccccc1C(=O)N1CCc2c(c(-c3nnc(-c4ccccc4F)o3)nn2C)C1. The fraction of sp³-hybridized carbons (Fsp3) is 0.217. The summed E-state index contributed by atoms with van der Waals surface area (Å²) in [6.45, 7) is 2.92. The van der Waals surface area contributed by atoms with Crippen molar-refractivity contribution >= 4 is 5.91 Å². The molecule has 0 N–H and O–H groups in total. The second-order valence-corrected chi connectivity index (χ2v) is 7.58. The number of fused-ring (bicyclic) bond motifs is 1. The predicted octanol–water partition coefficient (Wildman–Crippen LogP) is 3.78. The molecule has 31 heavy (non-hydrogen) atoms. The lowest BCUT2D eigenvalue weighted by molar-refractivity contribution is 0.0733. The molecule has 156 valence electrons. The van der Waals surface area contributed by atoms with Crippen LogP contribution in [0.3, 0.4) is 0 Å². The molecule has 0 bridgehead atoms. The summed E-state index contributed by atoms with van der Waals surface area (Å²) in [5.74, 6) is -0.150. The van der Waals surface area contributed by atoms with Gasteiger partial charge in [0, 0.05) is 36.8 Å². The second-order valence-electron chi connectivity index (χ2n) is 7.58. The molecule has 7 nitrogen and oxygen atoms in total. The summed E-state index contributed by atoms with van der Waals surface area (Å²) in [5, 5.41) is 12.7. The van der Waals surface area contributed by atoms with Crippen LogP contribution >= 0.6 is 0 Å². The molecule has 0 fully saturated rings. The van der Waals surface area contributed by atoms with Crippen LogP contribution in [-0.4, -0.2) is 37.3 Å². The highest BCUT2D eigenvalue weighted by Gasteiger charge is 2.30. The largest absolute Gasteiger partial charge is 0.414 e. The van der Waals surface area contributed by atoms with Gasteiger partial charge in [-0.1, -0.05) is 30.3 Å². The van der Waals surface area contributed by atoms with Gasteiger partial charge in [-0.2, -0.15) is 5.10 Å². The fourth-order valence-corrected chi connectivity index (χ4v) is 3.98.